The number of sulfonamides is 1. The lowest BCUT2D eigenvalue weighted by molar-refractivity contribution is -0.137. The van der Waals surface area contributed by atoms with Crippen molar-refractivity contribution in [1.29, 1.82) is 0 Å². The number of anilines is 2. The fourth-order valence-electron chi connectivity index (χ4n) is 2.64. The first-order valence-electron chi connectivity index (χ1n) is 9.08. The number of rotatable bonds is 6. The molecule has 0 aromatic heterocycles. The highest BCUT2D eigenvalue weighted by Crippen LogP contribution is 2.31. The molecule has 0 aliphatic rings. The fourth-order valence-corrected chi connectivity index (χ4v) is 3.74. The van der Waals surface area contributed by atoms with Crippen molar-refractivity contribution in [2.24, 2.45) is 0 Å². The number of halogens is 4. The maximum absolute atomic E-state index is 12.9. The maximum atomic E-state index is 12.9. The third-order valence-corrected chi connectivity index (χ3v) is 5.53. The van der Waals surface area contributed by atoms with Gasteiger partial charge in [0.1, 0.15) is 5.82 Å². The first-order chi connectivity index (χ1) is 15.0. The van der Waals surface area contributed by atoms with E-state index in [-0.39, 0.29) is 16.3 Å². The van der Waals surface area contributed by atoms with Crippen LogP contribution in [0.1, 0.15) is 11.1 Å². The van der Waals surface area contributed by atoms with Gasteiger partial charge in [0.25, 0.3) is 10.0 Å². The molecule has 0 bridgehead atoms. The molecule has 166 valence electrons. The summed E-state index contributed by atoms with van der Waals surface area (Å²) >= 11 is 0. The van der Waals surface area contributed by atoms with Crippen LogP contribution in [0.5, 0.6) is 0 Å². The molecule has 0 unspecified atom stereocenters. The van der Waals surface area contributed by atoms with Gasteiger partial charge >= 0.3 is 6.18 Å². The predicted octanol–water partition coefficient (Wildman–Crippen LogP) is 5.30. The maximum Gasteiger partial charge on any atom is 0.416 e. The van der Waals surface area contributed by atoms with Crippen molar-refractivity contribution in [1.82, 2.24) is 0 Å². The molecular weight excluding hydrogens is 448 g/mol. The van der Waals surface area contributed by atoms with E-state index in [1.165, 1.54) is 66.7 Å². The Bertz CT molecular complexity index is 1250. The highest BCUT2D eigenvalue weighted by atomic mass is 32.2. The van der Waals surface area contributed by atoms with Crippen LogP contribution in [0.25, 0.3) is 6.08 Å². The summed E-state index contributed by atoms with van der Waals surface area (Å²) in [4.78, 5) is 11.8. The zero-order valence-electron chi connectivity index (χ0n) is 16.2. The summed E-state index contributed by atoms with van der Waals surface area (Å²) in [6.07, 6.45) is -1.98. The molecule has 0 saturated carbocycles. The summed E-state index contributed by atoms with van der Waals surface area (Å²) in [5.74, 6) is -0.974. The van der Waals surface area contributed by atoms with Gasteiger partial charge in [-0.2, -0.15) is 13.2 Å². The van der Waals surface area contributed by atoms with Crippen LogP contribution in [0.3, 0.4) is 0 Å². The van der Waals surface area contributed by atoms with Gasteiger partial charge in [-0.15, -0.1) is 0 Å². The molecule has 1 amide bonds. The molecule has 0 spiro atoms. The number of carbonyl (C=O) groups is 1. The zero-order chi connectivity index (χ0) is 23.4. The number of amides is 1. The van der Waals surface area contributed by atoms with Crippen LogP contribution in [-0.2, 0) is 21.0 Å². The quantitative estimate of drug-likeness (QED) is 0.384. The molecule has 0 radical (unpaired) electrons. The van der Waals surface area contributed by atoms with Crippen molar-refractivity contribution in [3.8, 4) is 0 Å². The van der Waals surface area contributed by atoms with E-state index >= 15 is 0 Å². The number of hydrogen-bond donors (Lipinski definition) is 2. The van der Waals surface area contributed by atoms with Crippen molar-refractivity contribution < 1.29 is 30.8 Å². The minimum atomic E-state index is -4.62. The predicted molar refractivity (Wildman–Crippen MR) is 113 cm³/mol. The Kier molecular flexibility index (Phi) is 6.64. The number of hydrogen-bond acceptors (Lipinski definition) is 3. The molecule has 3 rings (SSSR count). The first-order valence-corrected chi connectivity index (χ1v) is 10.6. The van der Waals surface area contributed by atoms with Crippen molar-refractivity contribution in [2.75, 3.05) is 10.0 Å². The first kappa shape index (κ1) is 23.0. The normalized spacial score (nSPS) is 12.0. The molecule has 5 nitrogen and oxygen atoms in total. The van der Waals surface area contributed by atoms with E-state index in [9.17, 15) is 30.8 Å². The second kappa shape index (κ2) is 9.23. The van der Waals surface area contributed by atoms with E-state index in [0.717, 1.165) is 12.1 Å². The minimum absolute atomic E-state index is 0.158. The van der Waals surface area contributed by atoms with Crippen LogP contribution >= 0.6 is 0 Å². The standard InChI is InChI=1S/C22H16F4N2O3S/c23-17-10-7-15(8-11-17)9-12-21(29)27-18-4-2-6-20(14-18)32(30,31)28-19-5-1-3-16(13-19)22(24,25)26/h1-14,28H,(H,27,29)/b12-9+. The van der Waals surface area contributed by atoms with Gasteiger partial charge in [-0.05, 0) is 60.2 Å². The molecule has 0 saturated heterocycles. The minimum Gasteiger partial charge on any atom is -0.322 e. The van der Waals surface area contributed by atoms with Crippen LogP contribution in [-0.4, -0.2) is 14.3 Å². The van der Waals surface area contributed by atoms with Crippen LogP contribution in [0.4, 0.5) is 28.9 Å². The van der Waals surface area contributed by atoms with Gasteiger partial charge in [-0.1, -0.05) is 24.3 Å². The Balaban J connectivity index is 1.73. The average Bonchev–Trinajstić information content (AvgIpc) is 2.73. The van der Waals surface area contributed by atoms with Gasteiger partial charge < -0.3 is 5.32 Å². The van der Waals surface area contributed by atoms with E-state index in [0.29, 0.717) is 11.6 Å². The molecule has 0 fully saturated rings. The van der Waals surface area contributed by atoms with Gasteiger partial charge in [-0.3, -0.25) is 9.52 Å². The Morgan fingerprint density at radius 1 is 0.875 bits per heavy atom. The largest absolute Gasteiger partial charge is 0.416 e. The summed E-state index contributed by atoms with van der Waals surface area (Å²) in [7, 11) is -4.22. The molecule has 3 aromatic carbocycles. The molecule has 0 atom stereocenters. The number of carbonyl (C=O) groups excluding carboxylic acids is 1. The molecule has 2 N–H and O–H groups in total. The van der Waals surface area contributed by atoms with Crippen LogP contribution in [0.2, 0.25) is 0 Å². The second-order valence-corrected chi connectivity index (χ2v) is 8.27. The van der Waals surface area contributed by atoms with Crippen LogP contribution in [0.15, 0.2) is 83.8 Å². The van der Waals surface area contributed by atoms with Crippen molar-refractivity contribution in [3.63, 3.8) is 0 Å². The van der Waals surface area contributed by atoms with Crippen LogP contribution in [0, 0.1) is 5.82 Å². The zero-order valence-corrected chi connectivity index (χ0v) is 17.0. The smallest absolute Gasteiger partial charge is 0.322 e. The van der Waals surface area contributed by atoms with Gasteiger partial charge in [0.05, 0.1) is 10.5 Å². The van der Waals surface area contributed by atoms with Gasteiger partial charge in [-0.25, -0.2) is 12.8 Å². The molecule has 32 heavy (non-hydrogen) atoms. The molecule has 0 aliphatic heterocycles. The third kappa shape index (κ3) is 6.17. The van der Waals surface area contributed by atoms with E-state index in [2.05, 4.69) is 10.0 Å². The topological polar surface area (TPSA) is 75.3 Å². The number of benzene rings is 3. The van der Waals surface area contributed by atoms with Gasteiger partial charge in [0.2, 0.25) is 5.91 Å². The summed E-state index contributed by atoms with van der Waals surface area (Å²) in [6.45, 7) is 0. The van der Waals surface area contributed by atoms with Crippen molar-refractivity contribution in [2.45, 2.75) is 11.1 Å². The Morgan fingerprint density at radius 3 is 2.22 bits per heavy atom. The SMILES string of the molecule is O=C(/C=C/c1ccc(F)cc1)Nc1cccc(S(=O)(=O)Nc2cccc(C(F)(F)F)c2)c1. The lowest BCUT2D eigenvalue weighted by Gasteiger charge is -2.12. The van der Waals surface area contributed by atoms with Crippen molar-refractivity contribution >= 4 is 33.4 Å². The van der Waals surface area contributed by atoms with E-state index in [4.69, 9.17) is 0 Å². The lowest BCUT2D eigenvalue weighted by atomic mass is 10.2. The average molecular weight is 464 g/mol. The fraction of sp³-hybridized carbons (Fsp3) is 0.0455. The number of nitrogens with one attached hydrogen (secondary N) is 2. The summed E-state index contributed by atoms with van der Waals surface area (Å²) in [5.41, 5.74) is -0.503. The molecule has 3 aromatic rings. The Labute approximate surface area is 181 Å². The highest BCUT2D eigenvalue weighted by molar-refractivity contribution is 7.92. The summed E-state index contributed by atoms with van der Waals surface area (Å²) in [5, 5.41) is 2.49. The lowest BCUT2D eigenvalue weighted by Crippen LogP contribution is -2.15. The third-order valence-electron chi connectivity index (χ3n) is 4.15. The Hall–Kier alpha value is -3.66. The van der Waals surface area contributed by atoms with E-state index in [1.54, 1.807) is 0 Å². The summed E-state index contributed by atoms with van der Waals surface area (Å²) in [6, 6.07) is 14.5. The van der Waals surface area contributed by atoms with Gasteiger partial charge in [0, 0.05) is 17.5 Å². The van der Waals surface area contributed by atoms with Crippen molar-refractivity contribution in [3.05, 3.63) is 95.8 Å². The summed E-state index contributed by atoms with van der Waals surface area (Å²) < 4.78 is 78.7. The molecular formula is C22H16F4N2O3S. The highest BCUT2D eigenvalue weighted by Gasteiger charge is 2.30. The second-order valence-electron chi connectivity index (χ2n) is 6.59. The van der Waals surface area contributed by atoms with E-state index < -0.39 is 33.5 Å². The molecule has 0 aliphatic carbocycles. The monoisotopic (exact) mass is 464 g/mol. The Morgan fingerprint density at radius 2 is 1.53 bits per heavy atom. The van der Waals surface area contributed by atoms with Gasteiger partial charge in [0.15, 0.2) is 0 Å². The number of alkyl halides is 3. The van der Waals surface area contributed by atoms with E-state index in [1.807, 2.05) is 0 Å². The van der Waals surface area contributed by atoms with Crippen LogP contribution < -0.4 is 10.0 Å². The molecule has 0 heterocycles. The molecule has 10 heteroatoms.